The van der Waals surface area contributed by atoms with E-state index in [0.717, 1.165) is 5.56 Å². The van der Waals surface area contributed by atoms with Crippen molar-refractivity contribution >= 4 is 5.78 Å². The van der Waals surface area contributed by atoms with E-state index < -0.39 is 0 Å². The predicted molar refractivity (Wildman–Crippen MR) is 68.8 cm³/mol. The molecule has 0 aliphatic heterocycles. The van der Waals surface area contributed by atoms with Crippen LogP contribution in [0, 0.1) is 5.82 Å². The lowest BCUT2D eigenvalue weighted by Crippen LogP contribution is -2.04. The Balaban J connectivity index is 2.11. The van der Waals surface area contributed by atoms with Crippen molar-refractivity contribution in [3.05, 3.63) is 71.0 Å². The summed E-state index contributed by atoms with van der Waals surface area (Å²) in [5.41, 5.74) is 7.78. The lowest BCUT2D eigenvalue weighted by Gasteiger charge is -2.03. The maximum atomic E-state index is 13.0. The van der Waals surface area contributed by atoms with Crippen LogP contribution in [0.1, 0.15) is 21.5 Å². The summed E-state index contributed by atoms with van der Waals surface area (Å²) in [5.74, 6) is -0.344. The molecule has 2 nitrogen and oxygen atoms in total. The summed E-state index contributed by atoms with van der Waals surface area (Å²) in [6.45, 7) is 0.457. The number of rotatable bonds is 4. The predicted octanol–water partition coefficient (Wildman–Crippen LogP) is 2.71. The van der Waals surface area contributed by atoms with E-state index in [4.69, 9.17) is 5.73 Å². The Labute approximate surface area is 105 Å². The summed E-state index contributed by atoms with van der Waals surface area (Å²) in [7, 11) is 0. The Morgan fingerprint density at radius 1 is 1.06 bits per heavy atom. The van der Waals surface area contributed by atoms with E-state index in [0.29, 0.717) is 17.7 Å². The third kappa shape index (κ3) is 3.02. The van der Waals surface area contributed by atoms with E-state index in [1.807, 2.05) is 12.1 Å². The van der Waals surface area contributed by atoms with Crippen LogP contribution in [0.25, 0.3) is 0 Å². The Bertz CT molecular complexity index is 549. The smallest absolute Gasteiger partial charge is 0.167 e. The maximum Gasteiger partial charge on any atom is 0.167 e. The minimum atomic E-state index is -0.321. The molecule has 0 saturated heterocycles. The van der Waals surface area contributed by atoms with Crippen molar-refractivity contribution < 1.29 is 9.18 Å². The van der Waals surface area contributed by atoms with Crippen molar-refractivity contribution in [2.24, 2.45) is 5.73 Å². The largest absolute Gasteiger partial charge is 0.326 e. The minimum Gasteiger partial charge on any atom is -0.326 e. The van der Waals surface area contributed by atoms with Crippen LogP contribution in [0.4, 0.5) is 4.39 Å². The molecule has 2 aromatic rings. The van der Waals surface area contributed by atoms with E-state index in [1.54, 1.807) is 24.3 Å². The number of benzene rings is 2. The van der Waals surface area contributed by atoms with Crippen molar-refractivity contribution in [1.82, 2.24) is 0 Å². The molecule has 0 bridgehead atoms. The number of ketones is 1. The molecular weight excluding hydrogens is 229 g/mol. The van der Waals surface area contributed by atoms with Gasteiger partial charge in [0.2, 0.25) is 0 Å². The Hall–Kier alpha value is -2.00. The number of Topliss-reactive ketones (excluding diaryl/α,β-unsaturated/α-hetero) is 1. The SMILES string of the molecule is NCc1ccc(C(=O)Cc2cccc(F)c2)cc1. The number of halogens is 1. The first-order valence-corrected chi connectivity index (χ1v) is 5.75. The lowest BCUT2D eigenvalue weighted by atomic mass is 10.0. The highest BCUT2D eigenvalue weighted by molar-refractivity contribution is 5.97. The summed E-state index contributed by atoms with van der Waals surface area (Å²) in [6.07, 6.45) is 0.208. The van der Waals surface area contributed by atoms with Gasteiger partial charge in [-0.05, 0) is 23.3 Å². The van der Waals surface area contributed by atoms with Crippen LogP contribution in [0.3, 0.4) is 0 Å². The van der Waals surface area contributed by atoms with Gasteiger partial charge in [0.05, 0.1) is 0 Å². The van der Waals surface area contributed by atoms with Gasteiger partial charge in [-0.3, -0.25) is 4.79 Å². The van der Waals surface area contributed by atoms with Crippen molar-refractivity contribution in [2.75, 3.05) is 0 Å². The number of nitrogens with two attached hydrogens (primary N) is 1. The number of hydrogen-bond donors (Lipinski definition) is 1. The first-order chi connectivity index (χ1) is 8.69. The fourth-order valence-corrected chi connectivity index (χ4v) is 1.76. The van der Waals surface area contributed by atoms with Gasteiger partial charge in [-0.2, -0.15) is 0 Å². The topological polar surface area (TPSA) is 43.1 Å². The van der Waals surface area contributed by atoms with Gasteiger partial charge in [0.25, 0.3) is 0 Å². The number of carbonyl (C=O) groups excluding carboxylic acids is 1. The zero-order chi connectivity index (χ0) is 13.0. The van der Waals surface area contributed by atoms with Gasteiger partial charge in [-0.1, -0.05) is 36.4 Å². The highest BCUT2D eigenvalue weighted by Gasteiger charge is 2.07. The van der Waals surface area contributed by atoms with Gasteiger partial charge in [-0.25, -0.2) is 4.39 Å². The normalized spacial score (nSPS) is 10.3. The van der Waals surface area contributed by atoms with Crippen LogP contribution in [-0.4, -0.2) is 5.78 Å². The molecule has 2 aromatic carbocycles. The molecule has 0 aliphatic carbocycles. The van der Waals surface area contributed by atoms with Crippen LogP contribution in [-0.2, 0) is 13.0 Å². The van der Waals surface area contributed by atoms with Crippen molar-refractivity contribution in [2.45, 2.75) is 13.0 Å². The van der Waals surface area contributed by atoms with E-state index in [-0.39, 0.29) is 18.0 Å². The molecule has 0 radical (unpaired) electrons. The molecule has 0 spiro atoms. The van der Waals surface area contributed by atoms with E-state index >= 15 is 0 Å². The van der Waals surface area contributed by atoms with Crippen LogP contribution in [0.2, 0.25) is 0 Å². The monoisotopic (exact) mass is 243 g/mol. The van der Waals surface area contributed by atoms with E-state index in [2.05, 4.69) is 0 Å². The first-order valence-electron chi connectivity index (χ1n) is 5.75. The van der Waals surface area contributed by atoms with Gasteiger partial charge in [0.1, 0.15) is 5.82 Å². The summed E-state index contributed by atoms with van der Waals surface area (Å²) >= 11 is 0. The summed E-state index contributed by atoms with van der Waals surface area (Å²) < 4.78 is 13.0. The first kappa shape index (κ1) is 12.5. The molecule has 2 rings (SSSR count). The van der Waals surface area contributed by atoms with E-state index in [9.17, 15) is 9.18 Å². The van der Waals surface area contributed by atoms with Crippen LogP contribution in [0.5, 0.6) is 0 Å². The second kappa shape index (κ2) is 5.56. The highest BCUT2D eigenvalue weighted by atomic mass is 19.1. The van der Waals surface area contributed by atoms with Crippen LogP contribution >= 0.6 is 0 Å². The zero-order valence-corrected chi connectivity index (χ0v) is 9.90. The summed E-state index contributed by atoms with van der Waals surface area (Å²) in [6, 6.07) is 13.3. The molecule has 0 fully saturated rings. The minimum absolute atomic E-state index is 0.0239. The van der Waals surface area contributed by atoms with Gasteiger partial charge in [0.15, 0.2) is 5.78 Å². The Morgan fingerprint density at radius 2 is 1.78 bits per heavy atom. The van der Waals surface area contributed by atoms with Crippen molar-refractivity contribution in [3.8, 4) is 0 Å². The molecule has 0 heterocycles. The molecule has 0 aliphatic rings. The molecule has 0 unspecified atom stereocenters. The average Bonchev–Trinajstić information content (AvgIpc) is 2.39. The molecule has 0 atom stereocenters. The molecule has 18 heavy (non-hydrogen) atoms. The fourth-order valence-electron chi connectivity index (χ4n) is 1.76. The van der Waals surface area contributed by atoms with Crippen LogP contribution < -0.4 is 5.73 Å². The molecule has 3 heteroatoms. The fraction of sp³-hybridized carbons (Fsp3) is 0.133. The average molecular weight is 243 g/mol. The Kier molecular flexibility index (Phi) is 3.85. The summed E-state index contributed by atoms with van der Waals surface area (Å²) in [4.78, 5) is 12.0. The molecule has 0 saturated carbocycles. The molecule has 0 amide bonds. The quantitative estimate of drug-likeness (QED) is 0.839. The van der Waals surface area contributed by atoms with Gasteiger partial charge < -0.3 is 5.73 Å². The van der Waals surface area contributed by atoms with Crippen molar-refractivity contribution in [3.63, 3.8) is 0 Å². The maximum absolute atomic E-state index is 13.0. The van der Waals surface area contributed by atoms with Gasteiger partial charge >= 0.3 is 0 Å². The number of hydrogen-bond acceptors (Lipinski definition) is 2. The van der Waals surface area contributed by atoms with Gasteiger partial charge in [0, 0.05) is 18.5 Å². The molecule has 92 valence electrons. The molecule has 0 aromatic heterocycles. The second-order valence-electron chi connectivity index (χ2n) is 4.13. The highest BCUT2D eigenvalue weighted by Crippen LogP contribution is 2.10. The molecule has 2 N–H and O–H groups in total. The van der Waals surface area contributed by atoms with Crippen LogP contribution in [0.15, 0.2) is 48.5 Å². The van der Waals surface area contributed by atoms with E-state index in [1.165, 1.54) is 12.1 Å². The third-order valence-electron chi connectivity index (χ3n) is 2.77. The zero-order valence-electron chi connectivity index (χ0n) is 9.90. The third-order valence-corrected chi connectivity index (χ3v) is 2.77. The standard InChI is InChI=1S/C15H14FNO/c16-14-3-1-2-12(8-14)9-15(18)13-6-4-11(10-17)5-7-13/h1-8H,9-10,17H2. The Morgan fingerprint density at radius 3 is 2.39 bits per heavy atom. The second-order valence-corrected chi connectivity index (χ2v) is 4.13. The van der Waals surface area contributed by atoms with Crippen molar-refractivity contribution in [1.29, 1.82) is 0 Å². The lowest BCUT2D eigenvalue weighted by molar-refractivity contribution is 0.0993. The van der Waals surface area contributed by atoms with Gasteiger partial charge in [-0.15, -0.1) is 0 Å². The number of carbonyl (C=O) groups is 1. The molecular formula is C15H14FNO. The summed E-state index contributed by atoms with van der Waals surface area (Å²) in [5, 5.41) is 0.